The number of nitrogens with zero attached hydrogens (tertiary/aromatic N) is 5. The second kappa shape index (κ2) is 11.8. The van der Waals surface area contributed by atoms with Crippen LogP contribution in [0.15, 0.2) is 175 Å². The molecule has 0 amide bonds. The number of hydrogen-bond donors (Lipinski definition) is 1. The number of amidine groups is 1. The zero-order valence-electron chi connectivity index (χ0n) is 28.1. The lowest BCUT2D eigenvalue weighted by atomic mass is 10.1. The van der Waals surface area contributed by atoms with Gasteiger partial charge in [0.1, 0.15) is 18.2 Å². The lowest BCUT2D eigenvalue weighted by Gasteiger charge is -2.39. The number of rotatable bonds is 5. The highest BCUT2D eigenvalue weighted by molar-refractivity contribution is 6.19. The Morgan fingerprint density at radius 2 is 1.14 bits per heavy atom. The van der Waals surface area contributed by atoms with Gasteiger partial charge in [0.05, 0.1) is 22.1 Å². The Bertz CT molecular complexity index is 2750. The average Bonchev–Trinajstić information content (AvgIpc) is 3.70. The lowest BCUT2D eigenvalue weighted by Crippen LogP contribution is -2.46. The molecule has 1 aliphatic heterocycles. The molecule has 4 heterocycles. The van der Waals surface area contributed by atoms with E-state index in [-0.39, 0.29) is 12.3 Å². The number of para-hydroxylation sites is 2. The van der Waals surface area contributed by atoms with Gasteiger partial charge in [0.25, 0.3) is 0 Å². The van der Waals surface area contributed by atoms with Crippen LogP contribution in [-0.4, -0.2) is 31.9 Å². The van der Waals surface area contributed by atoms with Crippen LogP contribution in [-0.2, 0) is 0 Å². The Morgan fingerprint density at radius 1 is 0.510 bits per heavy atom. The highest BCUT2D eigenvalue weighted by Gasteiger charge is 2.30. The van der Waals surface area contributed by atoms with E-state index >= 15 is 0 Å². The Morgan fingerprint density at radius 3 is 1.94 bits per heavy atom. The third-order valence-electron chi connectivity index (χ3n) is 10.3. The van der Waals surface area contributed by atoms with Crippen LogP contribution in [0.4, 0.5) is 0 Å². The molecule has 0 saturated carbocycles. The van der Waals surface area contributed by atoms with Gasteiger partial charge in [-0.25, -0.2) is 4.99 Å². The van der Waals surface area contributed by atoms with Crippen molar-refractivity contribution in [2.45, 2.75) is 12.3 Å². The van der Waals surface area contributed by atoms with E-state index in [9.17, 15) is 0 Å². The molecule has 2 atom stereocenters. The van der Waals surface area contributed by atoms with Crippen LogP contribution in [0.5, 0.6) is 0 Å². The first-order chi connectivity index (χ1) is 25.2. The van der Waals surface area contributed by atoms with E-state index in [1.54, 1.807) is 0 Å². The lowest BCUT2D eigenvalue weighted by molar-refractivity contribution is 0.257. The molecular weight excluding hydrogens is 625 g/mol. The molecule has 10 rings (SSSR count). The third-order valence-corrected chi connectivity index (χ3v) is 10.3. The fourth-order valence-electron chi connectivity index (χ4n) is 7.92. The predicted octanol–water partition coefficient (Wildman–Crippen LogP) is 9.95. The molecule has 6 heteroatoms. The molecule has 0 fully saturated rings. The number of hydrogen-bond acceptors (Lipinski definition) is 4. The first-order valence-corrected chi connectivity index (χ1v) is 17.4. The topological polar surface area (TPSA) is 50.4 Å². The van der Waals surface area contributed by atoms with E-state index in [2.05, 4.69) is 189 Å². The van der Waals surface area contributed by atoms with Crippen molar-refractivity contribution in [3.8, 4) is 11.4 Å². The van der Waals surface area contributed by atoms with Crippen LogP contribution in [0.1, 0.15) is 29.0 Å². The Kier molecular flexibility index (Phi) is 6.82. The van der Waals surface area contributed by atoms with Gasteiger partial charge in [-0.05, 0) is 59.7 Å². The number of aromatic nitrogens is 3. The summed E-state index contributed by atoms with van der Waals surface area (Å²) in [7, 11) is 2.12. The molecule has 0 radical (unpaired) electrons. The summed E-state index contributed by atoms with van der Waals surface area (Å²) in [5.74, 6) is 0.959. The van der Waals surface area contributed by atoms with E-state index < -0.39 is 0 Å². The van der Waals surface area contributed by atoms with Gasteiger partial charge in [0.15, 0.2) is 0 Å². The van der Waals surface area contributed by atoms with Crippen LogP contribution in [0.2, 0.25) is 0 Å². The summed E-state index contributed by atoms with van der Waals surface area (Å²) in [5, 5.41) is 8.63. The van der Waals surface area contributed by atoms with Crippen molar-refractivity contribution in [1.82, 2.24) is 24.3 Å². The van der Waals surface area contributed by atoms with Gasteiger partial charge in [-0.1, -0.05) is 109 Å². The number of aliphatic imine (C=N–C) groups is 1. The van der Waals surface area contributed by atoms with Crippen molar-refractivity contribution in [1.29, 1.82) is 0 Å². The highest BCUT2D eigenvalue weighted by atomic mass is 15.4. The third kappa shape index (κ3) is 4.76. The maximum Gasteiger partial charge on any atom is 0.134 e. The van der Waals surface area contributed by atoms with Gasteiger partial charge in [0, 0.05) is 57.9 Å². The molecule has 9 aromatic rings. The zero-order chi connectivity index (χ0) is 33.9. The van der Waals surface area contributed by atoms with Gasteiger partial charge >= 0.3 is 0 Å². The average molecular weight is 659 g/mol. The summed E-state index contributed by atoms with van der Waals surface area (Å²) in [4.78, 5) is 12.1. The smallest absolute Gasteiger partial charge is 0.134 e. The molecule has 0 bridgehead atoms. The van der Waals surface area contributed by atoms with E-state index in [0.717, 1.165) is 55.8 Å². The van der Waals surface area contributed by atoms with Crippen molar-refractivity contribution >= 4 is 49.4 Å². The minimum absolute atomic E-state index is 0.0523. The predicted molar refractivity (Wildman–Crippen MR) is 209 cm³/mol. The van der Waals surface area contributed by atoms with E-state index in [1.165, 1.54) is 21.7 Å². The largest absolute Gasteiger partial charge is 0.340 e. The normalized spacial score (nSPS) is 16.3. The van der Waals surface area contributed by atoms with Gasteiger partial charge in [-0.3, -0.25) is 10.3 Å². The van der Waals surface area contributed by atoms with Gasteiger partial charge < -0.3 is 14.0 Å². The van der Waals surface area contributed by atoms with Crippen LogP contribution in [0, 0.1) is 0 Å². The molecule has 0 aliphatic carbocycles. The van der Waals surface area contributed by atoms with Gasteiger partial charge in [-0.2, -0.15) is 0 Å². The summed E-state index contributed by atoms with van der Waals surface area (Å²) in [6, 6.07) is 56.1. The van der Waals surface area contributed by atoms with Crippen LogP contribution in [0.3, 0.4) is 0 Å². The van der Waals surface area contributed by atoms with Crippen LogP contribution in [0.25, 0.3) is 55.0 Å². The molecule has 6 aromatic carbocycles. The van der Waals surface area contributed by atoms with Crippen molar-refractivity contribution in [2.24, 2.45) is 4.99 Å². The van der Waals surface area contributed by atoms with Crippen LogP contribution >= 0.6 is 0 Å². The SMILES string of the molecule is CN1C(c2ccccc2)=NC(c2cccc(-n3c4ccccc4c4cc5c6cnccc6n(-c6ccccc6)c5cc43)c2)NC1c1ccccc1. The zero-order valence-corrected chi connectivity index (χ0v) is 28.1. The molecular formula is C45H34N6. The van der Waals surface area contributed by atoms with Crippen molar-refractivity contribution in [3.05, 3.63) is 187 Å². The highest BCUT2D eigenvalue weighted by Crippen LogP contribution is 2.40. The fraction of sp³-hybridized carbons (Fsp3) is 0.0667. The Labute approximate surface area is 295 Å². The summed E-state index contributed by atoms with van der Waals surface area (Å²) in [6.07, 6.45) is 3.57. The first kappa shape index (κ1) is 29.4. The van der Waals surface area contributed by atoms with Crippen molar-refractivity contribution in [3.63, 3.8) is 0 Å². The Balaban J connectivity index is 1.18. The maximum atomic E-state index is 5.35. The summed E-state index contributed by atoms with van der Waals surface area (Å²) >= 11 is 0. The van der Waals surface area contributed by atoms with E-state index in [0.29, 0.717) is 0 Å². The monoisotopic (exact) mass is 658 g/mol. The van der Waals surface area contributed by atoms with Crippen molar-refractivity contribution in [2.75, 3.05) is 7.05 Å². The number of fused-ring (bicyclic) bond motifs is 6. The molecule has 0 saturated heterocycles. The van der Waals surface area contributed by atoms with Gasteiger partial charge in [-0.15, -0.1) is 0 Å². The first-order valence-electron chi connectivity index (χ1n) is 17.4. The molecule has 244 valence electrons. The quantitative estimate of drug-likeness (QED) is 0.200. The summed E-state index contributed by atoms with van der Waals surface area (Å²) < 4.78 is 4.76. The second-order valence-electron chi connectivity index (χ2n) is 13.2. The molecule has 51 heavy (non-hydrogen) atoms. The van der Waals surface area contributed by atoms with E-state index in [1.807, 2.05) is 12.4 Å². The molecule has 6 nitrogen and oxygen atoms in total. The molecule has 2 unspecified atom stereocenters. The second-order valence-corrected chi connectivity index (χ2v) is 13.2. The van der Waals surface area contributed by atoms with E-state index in [4.69, 9.17) is 4.99 Å². The maximum absolute atomic E-state index is 5.35. The summed E-state index contributed by atoms with van der Waals surface area (Å²) in [6.45, 7) is 0. The minimum atomic E-state index is -0.255. The number of nitrogens with one attached hydrogen (secondary N) is 1. The van der Waals surface area contributed by atoms with Gasteiger partial charge in [0.2, 0.25) is 0 Å². The minimum Gasteiger partial charge on any atom is -0.340 e. The Hall–Kier alpha value is -6.50. The molecule has 0 spiro atoms. The molecule has 1 N–H and O–H groups in total. The summed E-state index contributed by atoms with van der Waals surface area (Å²) in [5.41, 5.74) is 10.2. The number of pyridine rings is 1. The number of benzene rings is 6. The molecule has 1 aliphatic rings. The van der Waals surface area contributed by atoms with Crippen LogP contribution < -0.4 is 5.32 Å². The standard InChI is InChI=1S/C45H34N6/c1-49-44(30-14-5-2-6-15-30)47-43(48-45(49)31-16-7-3-8-17-31)32-18-13-21-34(26-32)51-39-23-12-11-22-35(39)36-27-37-38-29-46-25-24-40(38)50(42(37)28-41(36)51)33-19-9-4-10-20-33/h2-29,43-44,47H,1H3. The molecule has 3 aromatic heterocycles. The van der Waals surface area contributed by atoms with Crippen molar-refractivity contribution < 1.29 is 0 Å². The fourth-order valence-corrected chi connectivity index (χ4v) is 7.92.